The molecule has 2 fully saturated rings. The van der Waals surface area contributed by atoms with Gasteiger partial charge in [0.1, 0.15) is 0 Å². The Labute approximate surface area is 75.1 Å². The summed E-state index contributed by atoms with van der Waals surface area (Å²) in [4.78, 5) is 2.45. The summed E-state index contributed by atoms with van der Waals surface area (Å²) in [5, 5.41) is 0. The first kappa shape index (κ1) is 8.52. The van der Waals surface area contributed by atoms with E-state index in [0.29, 0.717) is 5.41 Å². The fourth-order valence-electron chi connectivity index (χ4n) is 2.76. The van der Waals surface area contributed by atoms with E-state index in [1.165, 1.54) is 38.8 Å². The van der Waals surface area contributed by atoms with Crippen LogP contribution in [-0.2, 0) is 0 Å². The molecule has 2 rings (SSSR count). The highest BCUT2D eigenvalue weighted by Crippen LogP contribution is 2.49. The molecule has 1 aliphatic heterocycles. The number of nitrogens with two attached hydrogens (primary N) is 1. The second kappa shape index (κ2) is 3.00. The zero-order chi connectivity index (χ0) is 8.60. The van der Waals surface area contributed by atoms with Crippen LogP contribution in [0.5, 0.6) is 0 Å². The van der Waals surface area contributed by atoms with Gasteiger partial charge in [-0.2, -0.15) is 0 Å². The Kier molecular flexibility index (Phi) is 2.13. The molecule has 0 spiro atoms. The van der Waals surface area contributed by atoms with Gasteiger partial charge in [0.15, 0.2) is 0 Å². The van der Waals surface area contributed by atoms with E-state index in [4.69, 9.17) is 5.73 Å². The zero-order valence-electron chi connectivity index (χ0n) is 8.05. The van der Waals surface area contributed by atoms with Crippen molar-refractivity contribution in [3.8, 4) is 0 Å². The SMILES string of the molecule is CN1CCCC(CN)(C2CC2)C1. The minimum atomic E-state index is 0.507. The summed E-state index contributed by atoms with van der Waals surface area (Å²) in [6.07, 6.45) is 5.60. The smallest absolute Gasteiger partial charge is 0.00497 e. The summed E-state index contributed by atoms with van der Waals surface area (Å²) in [5.74, 6) is 0.963. The quantitative estimate of drug-likeness (QED) is 0.668. The lowest BCUT2D eigenvalue weighted by molar-refractivity contribution is 0.0937. The Morgan fingerprint density at radius 3 is 2.75 bits per heavy atom. The van der Waals surface area contributed by atoms with Crippen molar-refractivity contribution >= 4 is 0 Å². The molecule has 0 bridgehead atoms. The third kappa shape index (κ3) is 1.38. The van der Waals surface area contributed by atoms with Crippen molar-refractivity contribution in [1.82, 2.24) is 4.90 Å². The van der Waals surface area contributed by atoms with Crippen LogP contribution < -0.4 is 5.73 Å². The van der Waals surface area contributed by atoms with E-state index >= 15 is 0 Å². The molecular formula is C10H20N2. The molecule has 2 N–H and O–H groups in total. The van der Waals surface area contributed by atoms with Crippen molar-refractivity contribution in [2.75, 3.05) is 26.7 Å². The summed E-state index contributed by atoms with van der Waals surface area (Å²) in [6, 6.07) is 0. The molecule has 0 aromatic carbocycles. The Hall–Kier alpha value is -0.0800. The Morgan fingerprint density at radius 2 is 2.25 bits per heavy atom. The fraction of sp³-hybridized carbons (Fsp3) is 1.00. The van der Waals surface area contributed by atoms with Crippen LogP contribution in [0.3, 0.4) is 0 Å². The maximum absolute atomic E-state index is 5.91. The number of hydrogen-bond donors (Lipinski definition) is 1. The standard InChI is InChI=1S/C10H20N2/c1-12-6-2-5-10(7-11,8-12)9-3-4-9/h9H,2-8,11H2,1H3. The van der Waals surface area contributed by atoms with Crippen LogP contribution in [0.15, 0.2) is 0 Å². The van der Waals surface area contributed by atoms with Gasteiger partial charge in [0, 0.05) is 6.54 Å². The highest BCUT2D eigenvalue weighted by molar-refractivity contribution is 4.98. The first-order valence-electron chi connectivity index (χ1n) is 5.15. The van der Waals surface area contributed by atoms with Gasteiger partial charge in [-0.15, -0.1) is 0 Å². The molecule has 0 amide bonds. The first-order valence-corrected chi connectivity index (χ1v) is 5.15. The highest BCUT2D eigenvalue weighted by atomic mass is 15.1. The van der Waals surface area contributed by atoms with Gasteiger partial charge in [-0.05, 0) is 57.2 Å². The summed E-state index contributed by atoms with van der Waals surface area (Å²) < 4.78 is 0. The molecule has 1 unspecified atom stereocenters. The summed E-state index contributed by atoms with van der Waals surface area (Å²) in [7, 11) is 2.23. The molecule has 0 aromatic heterocycles. The number of hydrogen-bond acceptors (Lipinski definition) is 2. The molecule has 1 aliphatic carbocycles. The third-order valence-electron chi connectivity index (χ3n) is 3.65. The number of likely N-dealkylation sites (tertiary alicyclic amines) is 1. The zero-order valence-corrected chi connectivity index (χ0v) is 8.05. The normalized spacial score (nSPS) is 38.5. The van der Waals surface area contributed by atoms with Crippen LogP contribution >= 0.6 is 0 Å². The highest BCUT2D eigenvalue weighted by Gasteiger charge is 2.45. The van der Waals surface area contributed by atoms with Gasteiger partial charge in [0.25, 0.3) is 0 Å². The maximum atomic E-state index is 5.91. The van der Waals surface area contributed by atoms with Gasteiger partial charge in [-0.1, -0.05) is 0 Å². The molecule has 12 heavy (non-hydrogen) atoms. The lowest BCUT2D eigenvalue weighted by Gasteiger charge is -2.41. The van der Waals surface area contributed by atoms with Gasteiger partial charge >= 0.3 is 0 Å². The minimum absolute atomic E-state index is 0.507. The molecule has 0 radical (unpaired) electrons. The lowest BCUT2D eigenvalue weighted by atomic mass is 9.76. The molecule has 0 aromatic rings. The van der Waals surface area contributed by atoms with Crippen molar-refractivity contribution in [2.45, 2.75) is 25.7 Å². The van der Waals surface area contributed by atoms with Crippen molar-refractivity contribution in [3.63, 3.8) is 0 Å². The van der Waals surface area contributed by atoms with Crippen molar-refractivity contribution in [1.29, 1.82) is 0 Å². The van der Waals surface area contributed by atoms with E-state index < -0.39 is 0 Å². The Bertz CT molecular complexity index is 165. The van der Waals surface area contributed by atoms with Crippen molar-refractivity contribution < 1.29 is 0 Å². The molecule has 70 valence electrons. The van der Waals surface area contributed by atoms with Crippen LogP contribution in [0.4, 0.5) is 0 Å². The molecule has 1 atom stereocenters. The van der Waals surface area contributed by atoms with Crippen LogP contribution in [0.2, 0.25) is 0 Å². The van der Waals surface area contributed by atoms with Crippen LogP contribution in [0.1, 0.15) is 25.7 Å². The van der Waals surface area contributed by atoms with Crippen LogP contribution in [0, 0.1) is 11.3 Å². The van der Waals surface area contributed by atoms with Crippen LogP contribution in [-0.4, -0.2) is 31.6 Å². The summed E-state index contributed by atoms with van der Waals surface area (Å²) in [5.41, 5.74) is 6.42. The monoisotopic (exact) mass is 168 g/mol. The molecule has 2 heteroatoms. The topological polar surface area (TPSA) is 29.3 Å². The maximum Gasteiger partial charge on any atom is 0.00497 e. The van der Waals surface area contributed by atoms with Gasteiger partial charge in [-0.25, -0.2) is 0 Å². The first-order chi connectivity index (χ1) is 5.77. The third-order valence-corrected chi connectivity index (χ3v) is 3.65. The van der Waals surface area contributed by atoms with Gasteiger partial charge < -0.3 is 10.6 Å². The number of nitrogens with zero attached hydrogens (tertiary/aromatic N) is 1. The predicted molar refractivity (Wildman–Crippen MR) is 50.9 cm³/mol. The molecule has 2 nitrogen and oxygen atoms in total. The molecule has 1 heterocycles. The molecular weight excluding hydrogens is 148 g/mol. The summed E-state index contributed by atoms with van der Waals surface area (Å²) >= 11 is 0. The summed E-state index contributed by atoms with van der Waals surface area (Å²) in [6.45, 7) is 3.42. The van der Waals surface area contributed by atoms with Gasteiger partial charge in [0.2, 0.25) is 0 Å². The number of piperidine rings is 1. The Morgan fingerprint density at radius 1 is 1.50 bits per heavy atom. The van der Waals surface area contributed by atoms with Gasteiger partial charge in [0.05, 0.1) is 0 Å². The predicted octanol–water partition coefficient (Wildman–Crippen LogP) is 1.07. The molecule has 2 aliphatic rings. The van der Waals surface area contributed by atoms with Crippen molar-refractivity contribution in [2.24, 2.45) is 17.1 Å². The van der Waals surface area contributed by atoms with E-state index in [1.807, 2.05) is 0 Å². The molecule has 1 saturated carbocycles. The van der Waals surface area contributed by atoms with Gasteiger partial charge in [-0.3, -0.25) is 0 Å². The van der Waals surface area contributed by atoms with E-state index in [1.54, 1.807) is 0 Å². The molecule has 1 saturated heterocycles. The fourth-order valence-corrected chi connectivity index (χ4v) is 2.76. The van der Waals surface area contributed by atoms with E-state index in [9.17, 15) is 0 Å². The second-order valence-corrected chi connectivity index (χ2v) is 4.68. The second-order valence-electron chi connectivity index (χ2n) is 4.68. The largest absolute Gasteiger partial charge is 0.330 e. The minimum Gasteiger partial charge on any atom is -0.330 e. The van der Waals surface area contributed by atoms with E-state index in [0.717, 1.165) is 12.5 Å². The van der Waals surface area contributed by atoms with E-state index in [-0.39, 0.29) is 0 Å². The lowest BCUT2D eigenvalue weighted by Crippen LogP contribution is -2.47. The average Bonchev–Trinajstić information content (AvgIpc) is 2.86. The van der Waals surface area contributed by atoms with E-state index in [2.05, 4.69) is 11.9 Å². The van der Waals surface area contributed by atoms with Crippen LogP contribution in [0.25, 0.3) is 0 Å². The Balaban J connectivity index is 2.04. The van der Waals surface area contributed by atoms with Crippen molar-refractivity contribution in [3.05, 3.63) is 0 Å². The average molecular weight is 168 g/mol. The number of rotatable bonds is 2.